The molecule has 0 aromatic heterocycles. The zero-order chi connectivity index (χ0) is 24.2. The maximum Gasteiger partial charge on any atom is 0.322 e. The molecule has 3 amide bonds. The molecule has 1 aliphatic rings. The van der Waals surface area contributed by atoms with Gasteiger partial charge in [-0.3, -0.25) is 19.2 Å². The van der Waals surface area contributed by atoms with Crippen molar-refractivity contribution in [3.63, 3.8) is 0 Å². The fourth-order valence-corrected chi connectivity index (χ4v) is 3.58. The molecule has 1 aliphatic heterocycles. The van der Waals surface area contributed by atoms with Gasteiger partial charge in [0.2, 0.25) is 17.7 Å². The number of aromatic hydroxyl groups is 1. The van der Waals surface area contributed by atoms with E-state index in [1.807, 2.05) is 0 Å². The molecule has 0 radical (unpaired) electrons. The van der Waals surface area contributed by atoms with E-state index in [2.05, 4.69) is 21.3 Å². The first-order valence-electron chi connectivity index (χ1n) is 11.1. The number of aliphatic carboxylic acids is 1. The number of phenolic OH excluding ortho intramolecular Hbond substituents is 1. The van der Waals surface area contributed by atoms with E-state index in [9.17, 15) is 24.3 Å². The maximum absolute atomic E-state index is 13.1. The van der Waals surface area contributed by atoms with Crippen LogP contribution in [0, 0.1) is 0 Å². The number of carboxylic acid groups (broad SMARTS) is 1. The second kappa shape index (κ2) is 13.4. The molecule has 1 aromatic carbocycles. The Hall–Kier alpha value is -3.18. The highest BCUT2D eigenvalue weighted by atomic mass is 16.4. The number of carbonyl (C=O) groups is 4. The van der Waals surface area contributed by atoms with E-state index in [0.29, 0.717) is 31.4 Å². The van der Waals surface area contributed by atoms with Gasteiger partial charge >= 0.3 is 5.97 Å². The Labute approximate surface area is 192 Å². The molecule has 0 aliphatic carbocycles. The van der Waals surface area contributed by atoms with Crippen LogP contribution in [-0.2, 0) is 25.6 Å². The summed E-state index contributed by atoms with van der Waals surface area (Å²) >= 11 is 0. The third kappa shape index (κ3) is 9.07. The molecule has 182 valence electrons. The van der Waals surface area contributed by atoms with Crippen molar-refractivity contribution in [1.82, 2.24) is 21.3 Å². The number of benzene rings is 1. The molecule has 1 saturated heterocycles. The first kappa shape index (κ1) is 26.1. The number of rotatable bonds is 13. The molecule has 0 bridgehead atoms. The smallest absolute Gasteiger partial charge is 0.322 e. The maximum atomic E-state index is 13.1. The summed E-state index contributed by atoms with van der Waals surface area (Å²) in [6.07, 6.45) is 3.15. The molecule has 11 heteroatoms. The fourth-order valence-electron chi connectivity index (χ4n) is 3.58. The summed E-state index contributed by atoms with van der Waals surface area (Å²) in [7, 11) is 0. The lowest BCUT2D eigenvalue weighted by Gasteiger charge is -2.24. The average Bonchev–Trinajstić information content (AvgIpc) is 3.33. The summed E-state index contributed by atoms with van der Waals surface area (Å²) in [5.41, 5.74) is 6.22. The largest absolute Gasteiger partial charge is 0.508 e. The molecule has 3 unspecified atom stereocenters. The second-order valence-electron chi connectivity index (χ2n) is 8.04. The van der Waals surface area contributed by atoms with Gasteiger partial charge in [0, 0.05) is 6.42 Å². The molecule has 8 N–H and O–H groups in total. The highest BCUT2D eigenvalue weighted by Gasteiger charge is 2.30. The highest BCUT2D eigenvalue weighted by molar-refractivity contribution is 5.93. The molecule has 33 heavy (non-hydrogen) atoms. The van der Waals surface area contributed by atoms with E-state index in [1.165, 1.54) is 12.1 Å². The van der Waals surface area contributed by atoms with Crippen LogP contribution in [0.15, 0.2) is 24.3 Å². The van der Waals surface area contributed by atoms with Crippen LogP contribution in [0.25, 0.3) is 0 Å². The molecule has 0 spiro atoms. The van der Waals surface area contributed by atoms with E-state index in [0.717, 1.165) is 13.0 Å². The van der Waals surface area contributed by atoms with Crippen molar-refractivity contribution < 1.29 is 29.4 Å². The Morgan fingerprint density at radius 1 is 1.06 bits per heavy atom. The Kier molecular flexibility index (Phi) is 10.6. The highest BCUT2D eigenvalue weighted by Crippen LogP contribution is 2.13. The number of hydrogen-bond donors (Lipinski definition) is 7. The molecule has 3 atom stereocenters. The molecule has 1 heterocycles. The number of carbonyl (C=O) groups excluding carboxylic acids is 3. The SMILES string of the molecule is NCCCCC(NC(=O)C(Cc1ccc(O)cc1)NC(=O)C1CCCN1)C(=O)NCC(=O)O. The van der Waals surface area contributed by atoms with Crippen molar-refractivity contribution in [1.29, 1.82) is 0 Å². The van der Waals surface area contributed by atoms with E-state index in [1.54, 1.807) is 12.1 Å². The summed E-state index contributed by atoms with van der Waals surface area (Å²) in [6, 6.07) is 3.95. The second-order valence-corrected chi connectivity index (χ2v) is 8.04. The predicted molar refractivity (Wildman–Crippen MR) is 120 cm³/mol. The van der Waals surface area contributed by atoms with Crippen molar-refractivity contribution in [2.45, 2.75) is 56.7 Å². The zero-order valence-electron chi connectivity index (χ0n) is 18.5. The van der Waals surface area contributed by atoms with Crippen molar-refractivity contribution in [3.05, 3.63) is 29.8 Å². The van der Waals surface area contributed by atoms with Crippen molar-refractivity contribution >= 4 is 23.7 Å². The Bertz CT molecular complexity index is 810. The molecule has 1 fully saturated rings. The van der Waals surface area contributed by atoms with Gasteiger partial charge in [-0.25, -0.2) is 0 Å². The zero-order valence-corrected chi connectivity index (χ0v) is 18.5. The number of phenols is 1. The van der Waals surface area contributed by atoms with Gasteiger partial charge in [0.15, 0.2) is 0 Å². The first-order valence-corrected chi connectivity index (χ1v) is 11.1. The standard InChI is InChI=1S/C22H33N5O6/c23-10-2-1-4-17(20(31)25-13-19(29)30)26-22(33)18(12-14-6-8-15(28)9-7-14)27-21(32)16-5-3-11-24-16/h6-9,16-18,24,28H,1-5,10-13,23H2,(H,25,31)(H,26,33)(H,27,32)(H,29,30). The molecule has 11 nitrogen and oxygen atoms in total. The number of nitrogens with two attached hydrogens (primary N) is 1. The summed E-state index contributed by atoms with van der Waals surface area (Å²) in [6.45, 7) is 0.578. The van der Waals surface area contributed by atoms with Gasteiger partial charge in [0.25, 0.3) is 0 Å². The van der Waals surface area contributed by atoms with E-state index in [4.69, 9.17) is 10.8 Å². The minimum Gasteiger partial charge on any atom is -0.508 e. The van der Waals surface area contributed by atoms with Crippen LogP contribution >= 0.6 is 0 Å². The van der Waals surface area contributed by atoms with Gasteiger partial charge in [-0.05, 0) is 62.9 Å². The van der Waals surface area contributed by atoms with Crippen LogP contribution in [0.1, 0.15) is 37.7 Å². The minimum absolute atomic E-state index is 0.0778. The quantitative estimate of drug-likeness (QED) is 0.181. The molecule has 2 rings (SSSR count). The fraction of sp³-hybridized carbons (Fsp3) is 0.545. The first-order chi connectivity index (χ1) is 15.8. The van der Waals surface area contributed by atoms with Crippen LogP contribution in [0.5, 0.6) is 5.75 Å². The summed E-state index contributed by atoms with van der Waals surface area (Å²) in [5, 5.41) is 29.1. The lowest BCUT2D eigenvalue weighted by Crippen LogP contribution is -2.56. The van der Waals surface area contributed by atoms with Gasteiger partial charge in [-0.1, -0.05) is 12.1 Å². The molecule has 1 aromatic rings. The molecule has 0 saturated carbocycles. The Balaban J connectivity index is 2.13. The van der Waals surface area contributed by atoms with Gasteiger partial charge in [-0.15, -0.1) is 0 Å². The van der Waals surface area contributed by atoms with Crippen LogP contribution in [0.4, 0.5) is 0 Å². The Morgan fingerprint density at radius 3 is 2.39 bits per heavy atom. The van der Waals surface area contributed by atoms with Crippen molar-refractivity contribution in [2.75, 3.05) is 19.6 Å². The summed E-state index contributed by atoms with van der Waals surface area (Å²) in [4.78, 5) is 49.1. The number of hydrogen-bond acceptors (Lipinski definition) is 7. The lowest BCUT2D eigenvalue weighted by molar-refractivity contribution is -0.138. The number of amides is 3. The van der Waals surface area contributed by atoms with Crippen LogP contribution < -0.4 is 27.0 Å². The van der Waals surface area contributed by atoms with Crippen LogP contribution in [0.2, 0.25) is 0 Å². The average molecular weight is 464 g/mol. The van der Waals surface area contributed by atoms with E-state index in [-0.39, 0.29) is 30.5 Å². The van der Waals surface area contributed by atoms with Gasteiger partial charge < -0.3 is 37.2 Å². The number of nitrogens with one attached hydrogen (secondary N) is 4. The molecular formula is C22H33N5O6. The van der Waals surface area contributed by atoms with Gasteiger partial charge in [0.05, 0.1) is 6.04 Å². The predicted octanol–water partition coefficient (Wildman–Crippen LogP) is -1.01. The van der Waals surface area contributed by atoms with Gasteiger partial charge in [0.1, 0.15) is 24.4 Å². The topological polar surface area (TPSA) is 183 Å². The van der Waals surface area contributed by atoms with E-state index >= 15 is 0 Å². The molecular weight excluding hydrogens is 430 g/mol. The van der Waals surface area contributed by atoms with Crippen molar-refractivity contribution in [2.24, 2.45) is 5.73 Å². The van der Waals surface area contributed by atoms with Crippen molar-refractivity contribution in [3.8, 4) is 5.75 Å². The Morgan fingerprint density at radius 2 is 1.79 bits per heavy atom. The third-order valence-electron chi connectivity index (χ3n) is 5.38. The number of carboxylic acids is 1. The minimum atomic E-state index is -1.20. The summed E-state index contributed by atoms with van der Waals surface area (Å²) < 4.78 is 0. The van der Waals surface area contributed by atoms with Crippen LogP contribution in [0.3, 0.4) is 0 Å². The summed E-state index contributed by atoms with van der Waals surface area (Å²) in [5.74, 6) is -2.60. The van der Waals surface area contributed by atoms with Gasteiger partial charge in [-0.2, -0.15) is 0 Å². The normalized spacial score (nSPS) is 17.1. The van der Waals surface area contributed by atoms with E-state index < -0.39 is 36.4 Å². The number of unbranched alkanes of at least 4 members (excludes halogenated alkanes) is 1. The lowest BCUT2D eigenvalue weighted by atomic mass is 10.0. The van der Waals surface area contributed by atoms with Crippen LogP contribution in [-0.4, -0.2) is 71.7 Å². The third-order valence-corrected chi connectivity index (χ3v) is 5.38. The monoisotopic (exact) mass is 463 g/mol.